The third-order valence-corrected chi connectivity index (χ3v) is 4.72. The summed E-state index contributed by atoms with van der Waals surface area (Å²) in [7, 11) is 0. The molecule has 0 saturated carbocycles. The number of hydrogen-bond donors (Lipinski definition) is 0. The van der Waals surface area contributed by atoms with Gasteiger partial charge in [0.2, 0.25) is 0 Å². The zero-order valence-corrected chi connectivity index (χ0v) is 14.8. The standard InChI is InChI=1S/C24H20O3/c25-23-17-16-22(27-23)18-26-24(19-10-4-1-5-11-19,20-12-6-2-7-13-20)21-14-8-3-9-15-21/h1-17,22H,18H2/t22-/m0/s1. The van der Waals surface area contributed by atoms with Crippen molar-refractivity contribution in [3.8, 4) is 0 Å². The van der Waals surface area contributed by atoms with Crippen LogP contribution in [0.4, 0.5) is 0 Å². The van der Waals surface area contributed by atoms with E-state index >= 15 is 0 Å². The summed E-state index contributed by atoms with van der Waals surface area (Å²) in [5, 5.41) is 0. The van der Waals surface area contributed by atoms with E-state index in [-0.39, 0.29) is 18.7 Å². The molecule has 1 atom stereocenters. The number of cyclic esters (lactones) is 1. The van der Waals surface area contributed by atoms with Crippen molar-refractivity contribution in [2.45, 2.75) is 11.7 Å². The van der Waals surface area contributed by atoms with Crippen LogP contribution >= 0.6 is 0 Å². The third kappa shape index (κ3) is 3.42. The van der Waals surface area contributed by atoms with Gasteiger partial charge in [0.05, 0.1) is 6.61 Å². The van der Waals surface area contributed by atoms with Crippen LogP contribution in [0.15, 0.2) is 103 Å². The molecule has 1 heterocycles. The SMILES string of the molecule is O=C1C=C[C@@H](COC(c2ccccc2)(c2ccccc2)c2ccccc2)O1. The summed E-state index contributed by atoms with van der Waals surface area (Å²) >= 11 is 0. The number of hydrogen-bond acceptors (Lipinski definition) is 3. The Bertz CT molecular complexity index is 821. The molecule has 1 aliphatic heterocycles. The van der Waals surface area contributed by atoms with Gasteiger partial charge in [-0.15, -0.1) is 0 Å². The van der Waals surface area contributed by atoms with Crippen molar-refractivity contribution < 1.29 is 14.3 Å². The van der Waals surface area contributed by atoms with Crippen molar-refractivity contribution in [3.63, 3.8) is 0 Å². The summed E-state index contributed by atoms with van der Waals surface area (Å²) in [5.41, 5.74) is 2.27. The smallest absolute Gasteiger partial charge is 0.331 e. The summed E-state index contributed by atoms with van der Waals surface area (Å²) in [6.07, 6.45) is 2.81. The highest BCUT2D eigenvalue weighted by atomic mass is 16.6. The minimum absolute atomic E-state index is 0.265. The molecule has 0 amide bonds. The van der Waals surface area contributed by atoms with Crippen LogP contribution in [0.1, 0.15) is 16.7 Å². The monoisotopic (exact) mass is 356 g/mol. The van der Waals surface area contributed by atoms with Crippen molar-refractivity contribution in [3.05, 3.63) is 120 Å². The number of carbonyl (C=O) groups is 1. The summed E-state index contributed by atoms with van der Waals surface area (Å²) in [5.74, 6) is -0.326. The number of carbonyl (C=O) groups excluding carboxylic acids is 1. The summed E-state index contributed by atoms with van der Waals surface area (Å²) < 4.78 is 11.9. The molecule has 0 aliphatic carbocycles. The first-order valence-electron chi connectivity index (χ1n) is 8.98. The van der Waals surface area contributed by atoms with E-state index < -0.39 is 5.60 Å². The largest absolute Gasteiger partial charge is 0.452 e. The normalized spacial score (nSPS) is 16.3. The molecule has 0 fully saturated rings. The van der Waals surface area contributed by atoms with Crippen LogP contribution in [0.25, 0.3) is 0 Å². The van der Waals surface area contributed by atoms with Gasteiger partial charge < -0.3 is 9.47 Å². The number of benzene rings is 3. The van der Waals surface area contributed by atoms with Crippen LogP contribution in [0, 0.1) is 0 Å². The van der Waals surface area contributed by atoms with Crippen LogP contribution in [0.3, 0.4) is 0 Å². The van der Waals surface area contributed by atoms with Gasteiger partial charge in [-0.3, -0.25) is 0 Å². The molecular weight excluding hydrogens is 336 g/mol. The number of ether oxygens (including phenoxy) is 2. The van der Waals surface area contributed by atoms with Gasteiger partial charge in [-0.05, 0) is 22.8 Å². The molecule has 27 heavy (non-hydrogen) atoms. The minimum Gasteiger partial charge on any atom is -0.452 e. The van der Waals surface area contributed by atoms with E-state index in [1.807, 2.05) is 54.6 Å². The maximum atomic E-state index is 11.4. The molecule has 3 aromatic carbocycles. The second-order valence-electron chi connectivity index (χ2n) is 6.42. The Balaban J connectivity index is 1.84. The number of esters is 1. The fourth-order valence-electron chi connectivity index (χ4n) is 3.48. The van der Waals surface area contributed by atoms with Crippen LogP contribution < -0.4 is 0 Å². The molecule has 0 spiro atoms. The molecule has 3 heteroatoms. The molecule has 4 rings (SSSR count). The van der Waals surface area contributed by atoms with E-state index in [4.69, 9.17) is 9.47 Å². The lowest BCUT2D eigenvalue weighted by Gasteiger charge is -2.36. The molecule has 1 aliphatic rings. The van der Waals surface area contributed by atoms with E-state index in [1.165, 1.54) is 6.08 Å². The van der Waals surface area contributed by atoms with E-state index in [1.54, 1.807) is 6.08 Å². The van der Waals surface area contributed by atoms with Crippen LogP contribution in [0.2, 0.25) is 0 Å². The van der Waals surface area contributed by atoms with Crippen molar-refractivity contribution in [2.75, 3.05) is 6.61 Å². The Kier molecular flexibility index (Phi) is 4.86. The second kappa shape index (κ2) is 7.60. The van der Waals surface area contributed by atoms with Crippen molar-refractivity contribution in [1.29, 1.82) is 0 Å². The summed E-state index contributed by atoms with van der Waals surface area (Å²) in [6.45, 7) is 0.265. The zero-order valence-electron chi connectivity index (χ0n) is 14.8. The Labute approximate surface area is 158 Å². The molecule has 0 saturated heterocycles. The average molecular weight is 356 g/mol. The van der Waals surface area contributed by atoms with Crippen LogP contribution in [-0.4, -0.2) is 18.7 Å². The highest BCUT2D eigenvalue weighted by Crippen LogP contribution is 2.40. The van der Waals surface area contributed by atoms with E-state index in [2.05, 4.69) is 36.4 Å². The van der Waals surface area contributed by atoms with Gasteiger partial charge in [-0.1, -0.05) is 91.0 Å². The van der Waals surface area contributed by atoms with Gasteiger partial charge in [0.15, 0.2) is 0 Å². The zero-order chi connectivity index (χ0) is 18.5. The molecule has 0 aromatic heterocycles. The Morgan fingerprint density at radius 3 is 1.56 bits per heavy atom. The lowest BCUT2D eigenvalue weighted by atomic mass is 9.80. The Hall–Kier alpha value is -3.17. The van der Waals surface area contributed by atoms with Crippen molar-refractivity contribution in [2.24, 2.45) is 0 Å². The summed E-state index contributed by atoms with van der Waals surface area (Å²) in [4.78, 5) is 11.4. The molecular formula is C24H20O3. The van der Waals surface area contributed by atoms with E-state index in [0.29, 0.717) is 0 Å². The molecule has 3 aromatic rings. The molecule has 134 valence electrons. The molecule has 3 nitrogen and oxygen atoms in total. The highest BCUT2D eigenvalue weighted by Gasteiger charge is 2.38. The van der Waals surface area contributed by atoms with Crippen molar-refractivity contribution >= 4 is 5.97 Å². The van der Waals surface area contributed by atoms with Crippen LogP contribution in [0.5, 0.6) is 0 Å². The minimum atomic E-state index is -0.799. The highest BCUT2D eigenvalue weighted by molar-refractivity contribution is 5.84. The van der Waals surface area contributed by atoms with Gasteiger partial charge >= 0.3 is 5.97 Å². The van der Waals surface area contributed by atoms with Gasteiger partial charge in [0, 0.05) is 6.08 Å². The Morgan fingerprint density at radius 2 is 1.19 bits per heavy atom. The second-order valence-corrected chi connectivity index (χ2v) is 6.42. The van der Waals surface area contributed by atoms with E-state index in [0.717, 1.165) is 16.7 Å². The Morgan fingerprint density at radius 1 is 0.741 bits per heavy atom. The quantitative estimate of drug-likeness (QED) is 0.483. The topological polar surface area (TPSA) is 35.5 Å². The van der Waals surface area contributed by atoms with Gasteiger partial charge in [0.1, 0.15) is 11.7 Å². The molecule has 0 unspecified atom stereocenters. The molecule has 0 radical (unpaired) electrons. The first kappa shape index (κ1) is 17.3. The number of rotatable bonds is 6. The lowest BCUT2D eigenvalue weighted by Crippen LogP contribution is -2.35. The fraction of sp³-hybridized carbons (Fsp3) is 0.125. The maximum absolute atomic E-state index is 11.4. The maximum Gasteiger partial charge on any atom is 0.331 e. The first-order valence-corrected chi connectivity index (χ1v) is 8.98. The predicted molar refractivity (Wildman–Crippen MR) is 104 cm³/mol. The first-order chi connectivity index (χ1) is 13.3. The summed E-state index contributed by atoms with van der Waals surface area (Å²) in [6, 6.07) is 30.4. The lowest BCUT2D eigenvalue weighted by molar-refractivity contribution is -0.142. The van der Waals surface area contributed by atoms with Gasteiger partial charge in [-0.25, -0.2) is 4.79 Å². The predicted octanol–water partition coefficient (Wildman–Crippen LogP) is 4.48. The molecule has 0 N–H and O–H groups in total. The molecule has 0 bridgehead atoms. The van der Waals surface area contributed by atoms with Crippen molar-refractivity contribution in [1.82, 2.24) is 0 Å². The third-order valence-electron chi connectivity index (χ3n) is 4.72. The van der Waals surface area contributed by atoms with Gasteiger partial charge in [-0.2, -0.15) is 0 Å². The average Bonchev–Trinajstić information content (AvgIpc) is 3.16. The van der Waals surface area contributed by atoms with Crippen LogP contribution in [-0.2, 0) is 19.9 Å². The van der Waals surface area contributed by atoms with E-state index in [9.17, 15) is 4.79 Å². The fourth-order valence-corrected chi connectivity index (χ4v) is 3.48. The van der Waals surface area contributed by atoms with Gasteiger partial charge in [0.25, 0.3) is 0 Å².